The second kappa shape index (κ2) is 6.45. The van der Waals surface area contributed by atoms with Crippen LogP contribution in [0.4, 0.5) is 0 Å². The van der Waals surface area contributed by atoms with Crippen molar-refractivity contribution in [2.24, 2.45) is 0 Å². The van der Waals surface area contributed by atoms with Crippen LogP contribution in [0.1, 0.15) is 10.4 Å². The van der Waals surface area contributed by atoms with Crippen LogP contribution in [0.15, 0.2) is 11.1 Å². The summed E-state index contributed by atoms with van der Waals surface area (Å²) in [5, 5.41) is 10.9. The summed E-state index contributed by atoms with van der Waals surface area (Å²) in [5.41, 5.74) is 0.933. The lowest BCUT2D eigenvalue weighted by molar-refractivity contribution is 0.0113. The minimum Gasteiger partial charge on any atom is -0.390 e. The van der Waals surface area contributed by atoms with Gasteiger partial charge in [-0.25, -0.2) is 4.98 Å². The fourth-order valence-electron chi connectivity index (χ4n) is 2.77. The van der Waals surface area contributed by atoms with Gasteiger partial charge in [-0.2, -0.15) is 0 Å². The zero-order valence-electron chi connectivity index (χ0n) is 12.9. The molecule has 0 bridgehead atoms. The average Bonchev–Trinajstić information content (AvgIpc) is 2.79. The molecule has 0 amide bonds. The maximum absolute atomic E-state index is 12.6. The van der Waals surface area contributed by atoms with E-state index in [9.17, 15) is 9.90 Å². The van der Waals surface area contributed by atoms with Crippen molar-refractivity contribution in [1.82, 2.24) is 14.5 Å². The number of ether oxygens (including phenoxy) is 1. The number of aliphatic hydroxyl groups excluding tert-OH is 1. The Morgan fingerprint density at radius 1 is 1.36 bits per heavy atom. The molecule has 0 radical (unpaired) electrons. The van der Waals surface area contributed by atoms with Crippen molar-refractivity contribution in [3.05, 3.63) is 27.1 Å². The smallest absolute Gasteiger partial charge is 0.262 e. The molecule has 6 nitrogen and oxygen atoms in total. The third-order valence-electron chi connectivity index (χ3n) is 4.14. The van der Waals surface area contributed by atoms with Crippen LogP contribution in [-0.2, 0) is 11.3 Å². The minimum absolute atomic E-state index is 0.0622. The van der Waals surface area contributed by atoms with E-state index in [1.165, 1.54) is 15.9 Å². The van der Waals surface area contributed by atoms with Gasteiger partial charge < -0.3 is 9.84 Å². The van der Waals surface area contributed by atoms with Crippen LogP contribution in [-0.4, -0.2) is 58.5 Å². The molecule has 7 heteroatoms. The van der Waals surface area contributed by atoms with Crippen LogP contribution in [0.2, 0.25) is 0 Å². The number of fused-ring (bicyclic) bond motifs is 1. The Balaban J connectivity index is 1.77. The Morgan fingerprint density at radius 2 is 2.09 bits per heavy atom. The van der Waals surface area contributed by atoms with Crippen molar-refractivity contribution in [1.29, 1.82) is 0 Å². The van der Waals surface area contributed by atoms with Gasteiger partial charge in [0.25, 0.3) is 5.56 Å². The van der Waals surface area contributed by atoms with E-state index in [0.717, 1.165) is 28.4 Å². The summed E-state index contributed by atoms with van der Waals surface area (Å²) in [7, 11) is 0. The van der Waals surface area contributed by atoms with Gasteiger partial charge in [0.1, 0.15) is 4.83 Å². The molecule has 22 heavy (non-hydrogen) atoms. The number of hydrogen-bond acceptors (Lipinski definition) is 6. The summed E-state index contributed by atoms with van der Waals surface area (Å²) < 4.78 is 6.82. The van der Waals surface area contributed by atoms with Gasteiger partial charge in [-0.3, -0.25) is 14.3 Å². The summed E-state index contributed by atoms with van der Waals surface area (Å²) in [4.78, 5) is 21.0. The molecule has 120 valence electrons. The SMILES string of the molecule is Cc1sc2ncn(C[C@H](O)CN3CCOCC3)c(=O)c2c1C. The second-order valence-electron chi connectivity index (χ2n) is 5.73. The predicted molar refractivity (Wildman–Crippen MR) is 86.6 cm³/mol. The van der Waals surface area contributed by atoms with Crippen LogP contribution in [0.3, 0.4) is 0 Å². The lowest BCUT2D eigenvalue weighted by Gasteiger charge is -2.28. The summed E-state index contributed by atoms with van der Waals surface area (Å²) in [6, 6.07) is 0. The Kier molecular flexibility index (Phi) is 4.58. The van der Waals surface area contributed by atoms with Gasteiger partial charge in [-0.15, -0.1) is 11.3 Å². The number of aryl methyl sites for hydroxylation is 2. The van der Waals surface area contributed by atoms with E-state index in [-0.39, 0.29) is 12.1 Å². The number of aromatic nitrogens is 2. The number of morpholine rings is 1. The zero-order chi connectivity index (χ0) is 15.7. The van der Waals surface area contributed by atoms with E-state index in [0.29, 0.717) is 25.1 Å². The van der Waals surface area contributed by atoms with Gasteiger partial charge in [0.15, 0.2) is 0 Å². The van der Waals surface area contributed by atoms with Crippen molar-refractivity contribution in [3.63, 3.8) is 0 Å². The van der Waals surface area contributed by atoms with E-state index in [4.69, 9.17) is 4.74 Å². The Morgan fingerprint density at radius 3 is 2.82 bits per heavy atom. The summed E-state index contributed by atoms with van der Waals surface area (Å²) in [6.45, 7) is 7.83. The highest BCUT2D eigenvalue weighted by Crippen LogP contribution is 2.25. The maximum Gasteiger partial charge on any atom is 0.262 e. The lowest BCUT2D eigenvalue weighted by Crippen LogP contribution is -2.42. The highest BCUT2D eigenvalue weighted by molar-refractivity contribution is 7.18. The quantitative estimate of drug-likeness (QED) is 0.900. The lowest BCUT2D eigenvalue weighted by atomic mass is 10.2. The molecular formula is C15H21N3O3S. The maximum atomic E-state index is 12.6. The van der Waals surface area contributed by atoms with Gasteiger partial charge >= 0.3 is 0 Å². The van der Waals surface area contributed by atoms with Crippen LogP contribution < -0.4 is 5.56 Å². The molecule has 0 saturated carbocycles. The van der Waals surface area contributed by atoms with E-state index < -0.39 is 6.10 Å². The third-order valence-corrected chi connectivity index (χ3v) is 5.25. The van der Waals surface area contributed by atoms with Gasteiger partial charge in [-0.1, -0.05) is 0 Å². The standard InChI is InChI=1S/C15H21N3O3S/c1-10-11(2)22-14-13(10)15(20)18(9-16-14)8-12(19)7-17-3-5-21-6-4-17/h9,12,19H,3-8H2,1-2H3/t12-/m1/s1. The van der Waals surface area contributed by atoms with Gasteiger partial charge in [0.2, 0.25) is 0 Å². The first-order valence-corrected chi connectivity index (χ1v) is 8.31. The molecule has 3 heterocycles. The van der Waals surface area contributed by atoms with Crippen LogP contribution in [0.5, 0.6) is 0 Å². The summed E-state index contributed by atoms with van der Waals surface area (Å²) >= 11 is 1.54. The normalized spacial score (nSPS) is 18.0. The van der Waals surface area contributed by atoms with Gasteiger partial charge in [0.05, 0.1) is 37.6 Å². The predicted octanol–water partition coefficient (Wildman–Crippen LogP) is 0.768. The first-order chi connectivity index (χ1) is 10.6. The molecule has 0 spiro atoms. The number of thiophene rings is 1. The first kappa shape index (κ1) is 15.6. The number of β-amino-alcohol motifs (C(OH)–C–C–N with tert-alkyl or cyclic N) is 1. The van der Waals surface area contributed by atoms with E-state index >= 15 is 0 Å². The molecule has 1 aliphatic rings. The van der Waals surface area contributed by atoms with Crippen LogP contribution in [0, 0.1) is 13.8 Å². The Labute approximate surface area is 133 Å². The minimum atomic E-state index is -0.588. The van der Waals surface area contributed by atoms with E-state index in [1.807, 2.05) is 13.8 Å². The van der Waals surface area contributed by atoms with Crippen molar-refractivity contribution in [2.45, 2.75) is 26.5 Å². The van der Waals surface area contributed by atoms with Gasteiger partial charge in [-0.05, 0) is 19.4 Å². The van der Waals surface area contributed by atoms with Crippen molar-refractivity contribution >= 4 is 21.6 Å². The molecule has 1 atom stereocenters. The molecular weight excluding hydrogens is 302 g/mol. The fraction of sp³-hybridized carbons (Fsp3) is 0.600. The second-order valence-corrected chi connectivity index (χ2v) is 6.94. The first-order valence-electron chi connectivity index (χ1n) is 7.49. The van der Waals surface area contributed by atoms with Crippen LogP contribution >= 0.6 is 11.3 Å². The topological polar surface area (TPSA) is 67.6 Å². The largest absolute Gasteiger partial charge is 0.390 e. The molecule has 3 rings (SSSR count). The molecule has 2 aromatic heterocycles. The molecule has 0 aromatic carbocycles. The van der Waals surface area contributed by atoms with Crippen molar-refractivity contribution < 1.29 is 9.84 Å². The molecule has 2 aromatic rings. The zero-order valence-corrected chi connectivity index (χ0v) is 13.7. The summed E-state index contributed by atoms with van der Waals surface area (Å²) in [5.74, 6) is 0. The monoisotopic (exact) mass is 323 g/mol. The number of nitrogens with zero attached hydrogens (tertiary/aromatic N) is 3. The Bertz CT molecular complexity index is 719. The van der Waals surface area contributed by atoms with Crippen molar-refractivity contribution in [3.8, 4) is 0 Å². The van der Waals surface area contributed by atoms with E-state index in [2.05, 4.69) is 9.88 Å². The third kappa shape index (κ3) is 3.08. The molecule has 0 aliphatic carbocycles. The van der Waals surface area contributed by atoms with E-state index in [1.54, 1.807) is 6.33 Å². The fourth-order valence-corrected chi connectivity index (χ4v) is 3.75. The molecule has 1 N–H and O–H groups in total. The van der Waals surface area contributed by atoms with Crippen molar-refractivity contribution in [2.75, 3.05) is 32.8 Å². The van der Waals surface area contributed by atoms with Crippen LogP contribution in [0.25, 0.3) is 10.2 Å². The molecule has 1 fully saturated rings. The number of hydrogen-bond donors (Lipinski definition) is 1. The summed E-state index contributed by atoms with van der Waals surface area (Å²) in [6.07, 6.45) is 0.956. The molecule has 1 aliphatic heterocycles. The molecule has 0 unspecified atom stereocenters. The number of rotatable bonds is 4. The highest BCUT2D eigenvalue weighted by atomic mass is 32.1. The molecule has 1 saturated heterocycles. The highest BCUT2D eigenvalue weighted by Gasteiger charge is 2.17. The number of aliphatic hydroxyl groups is 1. The Hall–Kier alpha value is -1.28. The average molecular weight is 323 g/mol. The van der Waals surface area contributed by atoms with Gasteiger partial charge in [0, 0.05) is 24.5 Å².